The van der Waals surface area contributed by atoms with E-state index in [0.717, 1.165) is 45.3 Å². The van der Waals surface area contributed by atoms with Gasteiger partial charge in [-0.05, 0) is 32.1 Å². The molecule has 3 rings (SSSR count). The molecule has 2 heterocycles. The molecule has 2 saturated heterocycles. The zero-order valence-corrected chi connectivity index (χ0v) is 10.3. The molecule has 0 amide bonds. The summed E-state index contributed by atoms with van der Waals surface area (Å²) in [5, 5.41) is -0.0628. The maximum atomic E-state index is 12.1. The van der Waals surface area contributed by atoms with Crippen molar-refractivity contribution in [2.45, 2.75) is 37.4 Å². The Morgan fingerprint density at radius 2 is 2.06 bits per heavy atom. The van der Waals surface area contributed by atoms with Gasteiger partial charge < -0.3 is 4.74 Å². The van der Waals surface area contributed by atoms with Gasteiger partial charge in [0.05, 0.1) is 11.9 Å². The summed E-state index contributed by atoms with van der Waals surface area (Å²) >= 11 is 0. The Kier molecular flexibility index (Phi) is 2.53. The molecule has 0 radical (unpaired) electrons. The minimum Gasteiger partial charge on any atom is -0.381 e. The zero-order valence-electron chi connectivity index (χ0n) is 9.52. The fourth-order valence-electron chi connectivity index (χ4n) is 2.92. The van der Waals surface area contributed by atoms with Crippen molar-refractivity contribution in [3.63, 3.8) is 0 Å². The number of ether oxygens (including phenoxy) is 1. The average Bonchev–Trinajstić information content (AvgIpc) is 3.05. The fourth-order valence-corrected chi connectivity index (χ4v) is 4.87. The first-order chi connectivity index (χ1) is 7.62. The third-order valence-electron chi connectivity index (χ3n) is 4.11. The Bertz CT molecular complexity index is 369. The van der Waals surface area contributed by atoms with Crippen molar-refractivity contribution in [2.75, 3.05) is 26.3 Å². The molecule has 0 aromatic heterocycles. The second kappa shape index (κ2) is 3.68. The monoisotopic (exact) mass is 245 g/mol. The summed E-state index contributed by atoms with van der Waals surface area (Å²) in [6, 6.07) is 0. The molecular weight excluding hydrogens is 226 g/mol. The second-order valence-electron chi connectivity index (χ2n) is 5.48. The van der Waals surface area contributed by atoms with Crippen molar-refractivity contribution in [3.8, 4) is 0 Å². The number of hydrogen-bond acceptors (Lipinski definition) is 3. The molecule has 0 aromatic carbocycles. The van der Waals surface area contributed by atoms with Crippen LogP contribution in [-0.4, -0.2) is 44.3 Å². The third-order valence-corrected chi connectivity index (χ3v) is 6.46. The fraction of sp³-hybridized carbons (Fsp3) is 1.00. The van der Waals surface area contributed by atoms with Crippen molar-refractivity contribution in [1.82, 2.24) is 4.31 Å². The van der Waals surface area contributed by atoms with E-state index in [1.807, 2.05) is 0 Å². The lowest BCUT2D eigenvalue weighted by Gasteiger charge is -2.32. The summed E-state index contributed by atoms with van der Waals surface area (Å²) in [4.78, 5) is 0. The molecule has 3 aliphatic rings. The van der Waals surface area contributed by atoms with Crippen molar-refractivity contribution in [3.05, 3.63) is 0 Å². The summed E-state index contributed by atoms with van der Waals surface area (Å²) < 4.78 is 31.5. The van der Waals surface area contributed by atoms with E-state index in [2.05, 4.69) is 0 Å². The van der Waals surface area contributed by atoms with Gasteiger partial charge in [-0.2, -0.15) is 0 Å². The lowest BCUT2D eigenvalue weighted by Crippen LogP contribution is -2.38. The molecule has 0 unspecified atom stereocenters. The van der Waals surface area contributed by atoms with Gasteiger partial charge in [-0.15, -0.1) is 0 Å². The van der Waals surface area contributed by atoms with Crippen LogP contribution in [0.1, 0.15) is 32.1 Å². The molecule has 16 heavy (non-hydrogen) atoms. The number of hydrogen-bond donors (Lipinski definition) is 0. The van der Waals surface area contributed by atoms with Gasteiger partial charge in [-0.3, -0.25) is 0 Å². The highest BCUT2D eigenvalue weighted by Gasteiger charge is 2.48. The van der Waals surface area contributed by atoms with Crippen LogP contribution < -0.4 is 0 Å². The third kappa shape index (κ3) is 1.79. The first-order valence-electron chi connectivity index (χ1n) is 6.19. The standard InChI is InChI=1S/C11H19NO3S/c13-16(14,10-2-3-10)12-6-5-11(8-12)4-1-7-15-9-11/h10H,1-9H2/t11-/m0/s1. The Labute approximate surface area is 97.0 Å². The highest BCUT2D eigenvalue weighted by Crippen LogP contribution is 2.41. The van der Waals surface area contributed by atoms with Crippen LogP contribution in [0.25, 0.3) is 0 Å². The lowest BCUT2D eigenvalue weighted by atomic mass is 9.82. The second-order valence-corrected chi connectivity index (χ2v) is 7.70. The molecule has 1 spiro atoms. The molecule has 92 valence electrons. The van der Waals surface area contributed by atoms with Gasteiger partial charge in [0.15, 0.2) is 0 Å². The minimum absolute atomic E-state index is 0.0628. The molecule has 1 aliphatic carbocycles. The van der Waals surface area contributed by atoms with E-state index in [1.54, 1.807) is 4.31 Å². The summed E-state index contributed by atoms with van der Waals surface area (Å²) in [5.41, 5.74) is 0.139. The summed E-state index contributed by atoms with van der Waals surface area (Å²) in [5.74, 6) is 0. The summed E-state index contributed by atoms with van der Waals surface area (Å²) in [6.07, 6.45) is 4.92. The smallest absolute Gasteiger partial charge is 0.217 e. The normalized spacial score (nSPS) is 37.0. The van der Waals surface area contributed by atoms with Gasteiger partial charge >= 0.3 is 0 Å². The van der Waals surface area contributed by atoms with Crippen LogP contribution in [0.3, 0.4) is 0 Å². The minimum atomic E-state index is -2.96. The van der Waals surface area contributed by atoms with Gasteiger partial charge in [0.2, 0.25) is 10.0 Å². The largest absolute Gasteiger partial charge is 0.381 e. The molecule has 3 fully saturated rings. The van der Waals surface area contributed by atoms with Crippen LogP contribution in [0.5, 0.6) is 0 Å². The lowest BCUT2D eigenvalue weighted by molar-refractivity contribution is 0.000894. The van der Waals surface area contributed by atoms with Gasteiger partial charge in [-0.25, -0.2) is 12.7 Å². The van der Waals surface area contributed by atoms with E-state index in [9.17, 15) is 8.42 Å². The molecular formula is C11H19NO3S. The van der Waals surface area contributed by atoms with E-state index in [4.69, 9.17) is 4.74 Å². The molecule has 0 N–H and O–H groups in total. The van der Waals surface area contributed by atoms with Gasteiger partial charge in [-0.1, -0.05) is 0 Å². The predicted octanol–water partition coefficient (Wildman–Crippen LogP) is 0.981. The van der Waals surface area contributed by atoms with Crippen LogP contribution in [0.2, 0.25) is 0 Å². The first kappa shape index (κ1) is 11.0. The Hall–Kier alpha value is -0.130. The van der Waals surface area contributed by atoms with Crippen LogP contribution in [-0.2, 0) is 14.8 Å². The number of nitrogens with zero attached hydrogens (tertiary/aromatic N) is 1. The topological polar surface area (TPSA) is 46.6 Å². The van der Waals surface area contributed by atoms with E-state index in [0.29, 0.717) is 13.1 Å². The highest BCUT2D eigenvalue weighted by molar-refractivity contribution is 7.90. The van der Waals surface area contributed by atoms with E-state index >= 15 is 0 Å². The molecule has 0 bridgehead atoms. The van der Waals surface area contributed by atoms with Crippen LogP contribution in [0.15, 0.2) is 0 Å². The van der Waals surface area contributed by atoms with E-state index in [1.165, 1.54) is 0 Å². The quantitative estimate of drug-likeness (QED) is 0.728. The predicted molar refractivity (Wildman–Crippen MR) is 60.6 cm³/mol. The molecule has 1 saturated carbocycles. The summed E-state index contributed by atoms with van der Waals surface area (Å²) in [6.45, 7) is 3.01. The van der Waals surface area contributed by atoms with E-state index < -0.39 is 10.0 Å². The number of sulfonamides is 1. The van der Waals surface area contributed by atoms with Crippen LogP contribution in [0.4, 0.5) is 0 Å². The Morgan fingerprint density at radius 1 is 1.25 bits per heavy atom. The van der Waals surface area contributed by atoms with Crippen molar-refractivity contribution in [1.29, 1.82) is 0 Å². The molecule has 4 nitrogen and oxygen atoms in total. The van der Waals surface area contributed by atoms with Crippen molar-refractivity contribution >= 4 is 10.0 Å². The van der Waals surface area contributed by atoms with Crippen molar-refractivity contribution < 1.29 is 13.2 Å². The SMILES string of the molecule is O=S(=O)(C1CC1)N1CC[C@@]2(CCCOC2)C1. The maximum Gasteiger partial charge on any atom is 0.217 e. The zero-order chi connectivity index (χ0) is 11.2. The van der Waals surface area contributed by atoms with Crippen LogP contribution >= 0.6 is 0 Å². The number of rotatable bonds is 2. The first-order valence-corrected chi connectivity index (χ1v) is 7.70. The summed E-state index contributed by atoms with van der Waals surface area (Å²) in [7, 11) is -2.96. The Balaban J connectivity index is 1.72. The highest BCUT2D eigenvalue weighted by atomic mass is 32.2. The van der Waals surface area contributed by atoms with E-state index in [-0.39, 0.29) is 10.7 Å². The Morgan fingerprint density at radius 3 is 2.69 bits per heavy atom. The van der Waals surface area contributed by atoms with Gasteiger partial charge in [0.1, 0.15) is 0 Å². The van der Waals surface area contributed by atoms with Crippen molar-refractivity contribution in [2.24, 2.45) is 5.41 Å². The average molecular weight is 245 g/mol. The van der Waals surface area contributed by atoms with Gasteiger partial charge in [0.25, 0.3) is 0 Å². The molecule has 1 atom stereocenters. The molecule has 0 aromatic rings. The molecule has 5 heteroatoms. The van der Waals surface area contributed by atoms with Gasteiger partial charge in [0, 0.05) is 25.1 Å². The van der Waals surface area contributed by atoms with Crippen LogP contribution in [0, 0.1) is 5.41 Å². The maximum absolute atomic E-state index is 12.1. The molecule has 2 aliphatic heterocycles.